The molecule has 0 aliphatic heterocycles. The molecule has 0 amide bonds. The van der Waals surface area contributed by atoms with Crippen LogP contribution in [0.1, 0.15) is 45.5 Å². The van der Waals surface area contributed by atoms with Crippen molar-refractivity contribution in [3.05, 3.63) is 17.5 Å². The van der Waals surface area contributed by atoms with Crippen LogP contribution in [0.5, 0.6) is 0 Å². The number of hydrogen-bond donors (Lipinski definition) is 1. The molecule has 2 atom stereocenters. The van der Waals surface area contributed by atoms with Gasteiger partial charge in [0.2, 0.25) is 0 Å². The molecule has 1 aromatic heterocycles. The first-order valence-corrected chi connectivity index (χ1v) is 6.45. The van der Waals surface area contributed by atoms with Crippen LogP contribution >= 0.6 is 0 Å². The highest BCUT2D eigenvalue weighted by Crippen LogP contribution is 2.29. The first-order valence-electron chi connectivity index (χ1n) is 6.45. The van der Waals surface area contributed by atoms with E-state index in [4.69, 9.17) is 5.73 Å². The van der Waals surface area contributed by atoms with Gasteiger partial charge in [-0.15, -0.1) is 0 Å². The quantitative estimate of drug-likeness (QED) is 0.875. The molecule has 2 N–H and O–H groups in total. The van der Waals surface area contributed by atoms with Crippen molar-refractivity contribution in [3.63, 3.8) is 0 Å². The van der Waals surface area contributed by atoms with Crippen molar-refractivity contribution >= 4 is 0 Å². The second-order valence-corrected chi connectivity index (χ2v) is 6.37. The molecule has 98 valence electrons. The summed E-state index contributed by atoms with van der Waals surface area (Å²) < 4.78 is 1.94. The van der Waals surface area contributed by atoms with Crippen molar-refractivity contribution in [1.29, 1.82) is 0 Å². The third kappa shape index (κ3) is 4.15. The summed E-state index contributed by atoms with van der Waals surface area (Å²) in [5.41, 5.74) is 8.87. The third-order valence-corrected chi connectivity index (χ3v) is 3.70. The van der Waals surface area contributed by atoms with E-state index < -0.39 is 0 Å². The highest BCUT2D eigenvalue weighted by atomic mass is 15.3. The topological polar surface area (TPSA) is 43.8 Å². The molecule has 2 unspecified atom stereocenters. The monoisotopic (exact) mass is 237 g/mol. The van der Waals surface area contributed by atoms with Crippen molar-refractivity contribution < 1.29 is 0 Å². The Bertz CT molecular complexity index is 360. The summed E-state index contributed by atoms with van der Waals surface area (Å²) >= 11 is 0. The molecule has 3 heteroatoms. The van der Waals surface area contributed by atoms with Crippen LogP contribution in [-0.4, -0.2) is 15.8 Å². The Balaban J connectivity index is 2.56. The van der Waals surface area contributed by atoms with E-state index in [9.17, 15) is 0 Å². The van der Waals surface area contributed by atoms with Gasteiger partial charge in [0, 0.05) is 25.2 Å². The van der Waals surface area contributed by atoms with Gasteiger partial charge in [-0.3, -0.25) is 4.68 Å². The summed E-state index contributed by atoms with van der Waals surface area (Å²) in [7, 11) is 1.99. The predicted octanol–water partition coefficient (Wildman–Crippen LogP) is 2.67. The summed E-state index contributed by atoms with van der Waals surface area (Å²) in [6, 6.07) is 2.35. The number of aromatic nitrogens is 2. The SMILES string of the molecule is Cc1cc(CC(N)CC(C)C(C)(C)C)n(C)n1. The van der Waals surface area contributed by atoms with Crippen LogP contribution in [0.2, 0.25) is 0 Å². The van der Waals surface area contributed by atoms with E-state index in [0.29, 0.717) is 11.3 Å². The molecule has 0 aliphatic rings. The molecule has 1 aromatic rings. The Hall–Kier alpha value is -0.830. The van der Waals surface area contributed by atoms with Crippen LogP contribution in [-0.2, 0) is 13.5 Å². The average molecular weight is 237 g/mol. The minimum atomic E-state index is 0.221. The van der Waals surface area contributed by atoms with Gasteiger partial charge >= 0.3 is 0 Å². The maximum absolute atomic E-state index is 6.24. The summed E-state index contributed by atoms with van der Waals surface area (Å²) in [6.07, 6.45) is 1.98. The van der Waals surface area contributed by atoms with Crippen LogP contribution in [0.4, 0.5) is 0 Å². The van der Waals surface area contributed by atoms with Gasteiger partial charge in [-0.2, -0.15) is 5.10 Å². The first kappa shape index (κ1) is 14.2. The second kappa shape index (κ2) is 5.21. The van der Waals surface area contributed by atoms with Gasteiger partial charge in [0.15, 0.2) is 0 Å². The van der Waals surface area contributed by atoms with E-state index in [1.165, 1.54) is 5.69 Å². The summed E-state index contributed by atoms with van der Waals surface area (Å²) in [5.74, 6) is 0.631. The molecular formula is C14H27N3. The predicted molar refractivity (Wildman–Crippen MR) is 72.9 cm³/mol. The molecule has 3 nitrogen and oxygen atoms in total. The van der Waals surface area contributed by atoms with Gasteiger partial charge in [-0.1, -0.05) is 27.7 Å². The molecule has 0 fully saturated rings. The number of rotatable bonds is 4. The van der Waals surface area contributed by atoms with Gasteiger partial charge in [0.1, 0.15) is 0 Å². The van der Waals surface area contributed by atoms with E-state index in [-0.39, 0.29) is 6.04 Å². The summed E-state index contributed by atoms with van der Waals surface area (Å²) in [6.45, 7) is 11.1. The maximum Gasteiger partial charge on any atom is 0.0596 e. The molecule has 1 heterocycles. The van der Waals surface area contributed by atoms with Gasteiger partial charge in [-0.05, 0) is 30.7 Å². The lowest BCUT2D eigenvalue weighted by Crippen LogP contribution is -2.30. The summed E-state index contributed by atoms with van der Waals surface area (Å²) in [4.78, 5) is 0. The smallest absolute Gasteiger partial charge is 0.0596 e. The second-order valence-electron chi connectivity index (χ2n) is 6.37. The zero-order valence-corrected chi connectivity index (χ0v) is 12.1. The molecule has 0 radical (unpaired) electrons. The molecular weight excluding hydrogens is 210 g/mol. The van der Waals surface area contributed by atoms with Gasteiger partial charge in [0.25, 0.3) is 0 Å². The highest BCUT2D eigenvalue weighted by molar-refractivity contribution is 5.09. The molecule has 0 aromatic carbocycles. The fourth-order valence-electron chi connectivity index (χ4n) is 2.01. The standard InChI is InChI=1S/C14H27N3/c1-10(14(3,4)5)7-12(15)9-13-8-11(2)16-17(13)6/h8,10,12H,7,9,15H2,1-6H3. The van der Waals surface area contributed by atoms with Crippen molar-refractivity contribution in [2.75, 3.05) is 0 Å². The maximum atomic E-state index is 6.24. The Labute approximate surface area is 105 Å². The van der Waals surface area contributed by atoms with Crippen LogP contribution in [0, 0.1) is 18.3 Å². The van der Waals surface area contributed by atoms with E-state index in [2.05, 4.69) is 38.9 Å². The molecule has 0 spiro atoms. The zero-order valence-electron chi connectivity index (χ0n) is 12.1. The van der Waals surface area contributed by atoms with E-state index >= 15 is 0 Å². The van der Waals surface area contributed by atoms with E-state index in [0.717, 1.165) is 18.5 Å². The summed E-state index contributed by atoms with van der Waals surface area (Å²) in [5, 5.41) is 4.35. The van der Waals surface area contributed by atoms with E-state index in [1.54, 1.807) is 0 Å². The van der Waals surface area contributed by atoms with Crippen LogP contribution in [0.3, 0.4) is 0 Å². The largest absolute Gasteiger partial charge is 0.327 e. The minimum absolute atomic E-state index is 0.221. The van der Waals surface area contributed by atoms with Crippen molar-refractivity contribution in [2.24, 2.45) is 24.1 Å². The highest BCUT2D eigenvalue weighted by Gasteiger charge is 2.22. The first-order chi connectivity index (χ1) is 7.70. The molecule has 17 heavy (non-hydrogen) atoms. The molecule has 0 saturated carbocycles. The molecule has 0 bridgehead atoms. The number of aryl methyl sites for hydroxylation is 2. The Kier molecular flexibility index (Phi) is 4.36. The zero-order chi connectivity index (χ0) is 13.2. The van der Waals surface area contributed by atoms with Gasteiger partial charge in [-0.25, -0.2) is 0 Å². The molecule has 0 aliphatic carbocycles. The lowest BCUT2D eigenvalue weighted by molar-refractivity contribution is 0.232. The van der Waals surface area contributed by atoms with Gasteiger partial charge < -0.3 is 5.73 Å². The molecule has 1 rings (SSSR count). The van der Waals surface area contributed by atoms with Crippen molar-refractivity contribution in [3.8, 4) is 0 Å². The van der Waals surface area contributed by atoms with Crippen molar-refractivity contribution in [1.82, 2.24) is 9.78 Å². The Morgan fingerprint density at radius 2 is 2.00 bits per heavy atom. The Morgan fingerprint density at radius 1 is 1.41 bits per heavy atom. The van der Waals surface area contributed by atoms with Crippen LogP contribution in [0.15, 0.2) is 6.07 Å². The van der Waals surface area contributed by atoms with Crippen LogP contribution < -0.4 is 5.73 Å². The normalized spacial score (nSPS) is 15.9. The number of hydrogen-bond acceptors (Lipinski definition) is 2. The van der Waals surface area contributed by atoms with Gasteiger partial charge in [0.05, 0.1) is 5.69 Å². The van der Waals surface area contributed by atoms with Crippen LogP contribution in [0.25, 0.3) is 0 Å². The third-order valence-electron chi connectivity index (χ3n) is 3.70. The minimum Gasteiger partial charge on any atom is -0.327 e. The molecule has 0 saturated heterocycles. The number of nitrogens with two attached hydrogens (primary N) is 1. The Morgan fingerprint density at radius 3 is 2.41 bits per heavy atom. The lowest BCUT2D eigenvalue weighted by Gasteiger charge is -2.29. The van der Waals surface area contributed by atoms with Crippen molar-refractivity contribution in [2.45, 2.75) is 53.5 Å². The fraction of sp³-hybridized carbons (Fsp3) is 0.786. The lowest BCUT2D eigenvalue weighted by atomic mass is 9.78. The average Bonchev–Trinajstić information content (AvgIpc) is 2.43. The fourth-order valence-corrected chi connectivity index (χ4v) is 2.01. The van der Waals surface area contributed by atoms with E-state index in [1.807, 2.05) is 18.7 Å². The number of nitrogens with zero attached hydrogens (tertiary/aromatic N) is 2.